The minimum Gasteiger partial charge on any atom is -0.264 e. The quantitative estimate of drug-likeness (QED) is 0.111. The standard InChI is InChI=1S/2C46H30N4/c1-3-10-31(11-4-1)32-19-25-37(26-20-32)45-48-44(36-12-5-2-6-13-36)49-46(50-45)38-27-21-34(22-28-38)33-17-23-35(24-18-33)42-30-39-14-9-29-47-43(39)41-16-8-7-15-40(41)42;1-3-8-31(9-4-1)32-18-21-37(22-19-32)45-48-44(36-10-5-2-6-11-36)49-46(50-45)41-13-7-12-38(29-41)33-14-16-34(17-15-33)39-24-25-42-40(28-39)23-20-35-26-27-47-30-43(35)42/h2*1-30H. The first-order valence-electron chi connectivity index (χ1n) is 33.4. The fourth-order valence-corrected chi connectivity index (χ4v) is 13.2. The molecule has 4 aromatic heterocycles. The summed E-state index contributed by atoms with van der Waals surface area (Å²) in [6.45, 7) is 0. The number of pyridine rings is 2. The van der Waals surface area contributed by atoms with Gasteiger partial charge in [0.25, 0.3) is 0 Å². The minimum absolute atomic E-state index is 0.637. The summed E-state index contributed by atoms with van der Waals surface area (Å²) in [6.07, 6.45) is 5.65. The topological polar surface area (TPSA) is 103 Å². The van der Waals surface area contributed by atoms with E-state index in [9.17, 15) is 0 Å². The van der Waals surface area contributed by atoms with Gasteiger partial charge in [-0.3, -0.25) is 9.97 Å². The van der Waals surface area contributed by atoms with Crippen molar-refractivity contribution in [2.45, 2.75) is 0 Å². The molecule has 0 aliphatic carbocycles. The fraction of sp³-hybridized carbons (Fsp3) is 0. The molecule has 4 heterocycles. The van der Waals surface area contributed by atoms with Crippen molar-refractivity contribution >= 4 is 43.2 Å². The molecule has 0 radical (unpaired) electrons. The number of hydrogen-bond donors (Lipinski definition) is 0. The van der Waals surface area contributed by atoms with Crippen LogP contribution in [0.2, 0.25) is 0 Å². The summed E-state index contributed by atoms with van der Waals surface area (Å²) < 4.78 is 0. The smallest absolute Gasteiger partial charge is 0.164 e. The Labute approximate surface area is 579 Å². The van der Waals surface area contributed by atoms with E-state index in [0.29, 0.717) is 34.9 Å². The van der Waals surface area contributed by atoms with Crippen LogP contribution in [0, 0.1) is 0 Å². The average molecular weight is 1280 g/mol. The second-order valence-electron chi connectivity index (χ2n) is 24.7. The van der Waals surface area contributed by atoms with E-state index in [4.69, 9.17) is 29.9 Å². The maximum atomic E-state index is 5.01. The van der Waals surface area contributed by atoms with Crippen molar-refractivity contribution in [1.82, 2.24) is 39.9 Å². The summed E-state index contributed by atoms with van der Waals surface area (Å²) in [5.74, 6) is 3.86. The van der Waals surface area contributed by atoms with Gasteiger partial charge in [0, 0.05) is 68.1 Å². The zero-order valence-electron chi connectivity index (χ0n) is 54.2. The summed E-state index contributed by atoms with van der Waals surface area (Å²) in [5.41, 5.74) is 20.6. The maximum Gasteiger partial charge on any atom is 0.164 e. The summed E-state index contributed by atoms with van der Waals surface area (Å²) in [7, 11) is 0. The Morgan fingerprint density at radius 1 is 0.170 bits per heavy atom. The molecule has 18 aromatic rings. The van der Waals surface area contributed by atoms with E-state index in [1.54, 1.807) is 0 Å². The lowest BCUT2D eigenvalue weighted by Gasteiger charge is -2.11. The van der Waals surface area contributed by atoms with Crippen LogP contribution in [0.3, 0.4) is 0 Å². The van der Waals surface area contributed by atoms with Gasteiger partial charge >= 0.3 is 0 Å². The van der Waals surface area contributed by atoms with Gasteiger partial charge in [-0.15, -0.1) is 0 Å². The monoisotopic (exact) mass is 1280 g/mol. The lowest BCUT2D eigenvalue weighted by atomic mass is 9.94. The molecule has 0 atom stereocenters. The zero-order valence-corrected chi connectivity index (χ0v) is 54.2. The molecule has 0 fully saturated rings. The lowest BCUT2D eigenvalue weighted by Crippen LogP contribution is -2.00. The van der Waals surface area contributed by atoms with Crippen LogP contribution in [0.4, 0.5) is 0 Å². The predicted octanol–water partition coefficient (Wildman–Crippen LogP) is 23.2. The van der Waals surface area contributed by atoms with Gasteiger partial charge in [0.1, 0.15) is 0 Å². The van der Waals surface area contributed by atoms with Crippen LogP contribution in [0.1, 0.15) is 0 Å². The molecule has 0 aliphatic heterocycles. The van der Waals surface area contributed by atoms with Gasteiger partial charge < -0.3 is 0 Å². The largest absolute Gasteiger partial charge is 0.264 e. The fourth-order valence-electron chi connectivity index (χ4n) is 13.2. The number of fused-ring (bicyclic) bond motifs is 6. The Morgan fingerprint density at radius 2 is 0.520 bits per heavy atom. The van der Waals surface area contributed by atoms with Crippen LogP contribution >= 0.6 is 0 Å². The van der Waals surface area contributed by atoms with Gasteiger partial charge in [0.05, 0.1) is 5.52 Å². The van der Waals surface area contributed by atoms with Crippen LogP contribution in [-0.4, -0.2) is 39.9 Å². The van der Waals surface area contributed by atoms with Crippen molar-refractivity contribution in [2.75, 3.05) is 0 Å². The molecular weight excluding hydrogens is 1220 g/mol. The molecule has 0 N–H and O–H groups in total. The number of aromatic nitrogens is 8. The van der Waals surface area contributed by atoms with Crippen LogP contribution in [-0.2, 0) is 0 Å². The minimum atomic E-state index is 0.637. The number of nitrogens with zero attached hydrogens (tertiary/aromatic N) is 8. The van der Waals surface area contributed by atoms with E-state index < -0.39 is 0 Å². The van der Waals surface area contributed by atoms with E-state index in [-0.39, 0.29) is 0 Å². The van der Waals surface area contributed by atoms with Gasteiger partial charge in [-0.05, 0) is 119 Å². The molecule has 18 rings (SSSR count). The molecule has 100 heavy (non-hydrogen) atoms. The highest BCUT2D eigenvalue weighted by atomic mass is 15.0. The number of benzene rings is 14. The first-order valence-corrected chi connectivity index (χ1v) is 33.4. The highest BCUT2D eigenvalue weighted by Crippen LogP contribution is 2.38. The zero-order chi connectivity index (χ0) is 66.6. The molecule has 0 aliphatic rings. The third-order valence-corrected chi connectivity index (χ3v) is 18.4. The first-order chi connectivity index (χ1) is 49.5. The van der Waals surface area contributed by atoms with Gasteiger partial charge in [0.2, 0.25) is 0 Å². The van der Waals surface area contributed by atoms with Gasteiger partial charge in [-0.2, -0.15) is 0 Å². The third-order valence-electron chi connectivity index (χ3n) is 18.4. The summed E-state index contributed by atoms with van der Waals surface area (Å²) in [6, 6.07) is 120. The van der Waals surface area contributed by atoms with Crippen molar-refractivity contribution in [3.63, 3.8) is 0 Å². The molecule has 8 nitrogen and oxygen atoms in total. The highest BCUT2D eigenvalue weighted by molar-refractivity contribution is 6.12. The van der Waals surface area contributed by atoms with E-state index >= 15 is 0 Å². The molecule has 8 heteroatoms. The highest BCUT2D eigenvalue weighted by Gasteiger charge is 2.17. The Kier molecular flexibility index (Phi) is 16.2. The van der Waals surface area contributed by atoms with E-state index in [1.165, 1.54) is 65.7 Å². The number of hydrogen-bond acceptors (Lipinski definition) is 8. The van der Waals surface area contributed by atoms with Crippen LogP contribution in [0.5, 0.6) is 0 Å². The van der Waals surface area contributed by atoms with E-state index in [2.05, 4.69) is 277 Å². The maximum absolute atomic E-state index is 5.01. The van der Waals surface area contributed by atoms with Crippen LogP contribution in [0.25, 0.3) is 178 Å². The van der Waals surface area contributed by atoms with Crippen molar-refractivity contribution < 1.29 is 0 Å². The summed E-state index contributed by atoms with van der Waals surface area (Å²) in [5, 5.41) is 8.31. The van der Waals surface area contributed by atoms with Crippen molar-refractivity contribution in [3.8, 4) is 135 Å². The van der Waals surface area contributed by atoms with Crippen LogP contribution < -0.4 is 0 Å². The molecule has 0 saturated heterocycles. The molecule has 14 aromatic carbocycles. The second-order valence-corrected chi connectivity index (χ2v) is 24.7. The van der Waals surface area contributed by atoms with Gasteiger partial charge in [-0.25, -0.2) is 29.9 Å². The molecule has 0 bridgehead atoms. The van der Waals surface area contributed by atoms with Crippen molar-refractivity contribution in [1.29, 1.82) is 0 Å². The molecule has 0 spiro atoms. The van der Waals surface area contributed by atoms with E-state index in [0.717, 1.165) is 77.7 Å². The molecule has 0 saturated carbocycles. The third kappa shape index (κ3) is 12.4. The molecule has 468 valence electrons. The Hall–Kier alpha value is -13.6. The molecule has 0 unspecified atom stereocenters. The predicted molar refractivity (Wildman–Crippen MR) is 411 cm³/mol. The molecular formula is C92H60N8. The Bertz CT molecular complexity index is 5960. The van der Waals surface area contributed by atoms with Gasteiger partial charge in [-0.1, -0.05) is 315 Å². The number of rotatable bonds is 12. The lowest BCUT2D eigenvalue weighted by molar-refractivity contribution is 1.07. The van der Waals surface area contributed by atoms with Crippen molar-refractivity contribution in [2.24, 2.45) is 0 Å². The summed E-state index contributed by atoms with van der Waals surface area (Å²) >= 11 is 0. The second kappa shape index (κ2) is 26.9. The van der Waals surface area contributed by atoms with Gasteiger partial charge in [0.15, 0.2) is 34.9 Å². The SMILES string of the molecule is c1ccc(-c2ccc(-c3nc(-c4ccccc4)nc(-c4ccc(-c5ccc(-c6cc7cccnc7c7ccccc67)cc5)cc4)n3)cc2)cc1.c1ccc(-c2ccc(-c3nc(-c4ccccc4)nc(-c4cccc(-c5ccc(-c6ccc7c(ccc8ccncc87)c6)cc5)c4)n3)cc2)cc1. The van der Waals surface area contributed by atoms with Crippen molar-refractivity contribution in [3.05, 3.63) is 364 Å². The average Bonchev–Trinajstić information content (AvgIpc) is 0.774. The van der Waals surface area contributed by atoms with Crippen LogP contribution in [0.15, 0.2) is 364 Å². The van der Waals surface area contributed by atoms with E-state index in [1.807, 2.05) is 97.5 Å². The first kappa shape index (κ1) is 60.1. The molecule has 0 amide bonds. The Morgan fingerprint density at radius 3 is 1.01 bits per heavy atom. The Balaban J connectivity index is 0.000000150. The summed E-state index contributed by atoms with van der Waals surface area (Å²) in [4.78, 5) is 38.7. The normalized spacial score (nSPS) is 11.2.